The van der Waals surface area contributed by atoms with E-state index in [-0.39, 0.29) is 13.2 Å². The second-order valence-electron chi connectivity index (χ2n) is 3.48. The first-order chi connectivity index (χ1) is 7.86. The van der Waals surface area contributed by atoms with E-state index in [9.17, 15) is 0 Å². The molecule has 0 saturated carbocycles. The molecule has 0 aliphatic carbocycles. The number of nitrogens with zero attached hydrogens (tertiary/aromatic N) is 3. The van der Waals surface area contributed by atoms with Gasteiger partial charge in [0.15, 0.2) is 0 Å². The Labute approximate surface area is 93.5 Å². The highest BCUT2D eigenvalue weighted by Crippen LogP contribution is 2.11. The van der Waals surface area contributed by atoms with Crippen LogP contribution < -0.4 is 5.01 Å². The number of aliphatic hydroxyl groups is 2. The number of para-hydroxylation sites is 2. The number of aromatic nitrogens is 2. The molecule has 5 heteroatoms. The van der Waals surface area contributed by atoms with Gasteiger partial charge in [-0.25, -0.2) is 9.66 Å². The molecule has 2 aromatic rings. The molecule has 1 heterocycles. The lowest BCUT2D eigenvalue weighted by atomic mass is 10.3. The average Bonchev–Trinajstić information content (AvgIpc) is 2.72. The zero-order valence-corrected chi connectivity index (χ0v) is 8.95. The van der Waals surface area contributed by atoms with Crippen LogP contribution in [0.3, 0.4) is 0 Å². The fourth-order valence-corrected chi connectivity index (χ4v) is 1.73. The van der Waals surface area contributed by atoms with Crippen molar-refractivity contribution in [3.63, 3.8) is 0 Å². The van der Waals surface area contributed by atoms with Gasteiger partial charge in [-0.3, -0.25) is 0 Å². The van der Waals surface area contributed by atoms with Crippen molar-refractivity contribution in [3.05, 3.63) is 30.6 Å². The van der Waals surface area contributed by atoms with Crippen LogP contribution in [0.25, 0.3) is 11.0 Å². The molecule has 16 heavy (non-hydrogen) atoms. The van der Waals surface area contributed by atoms with Crippen molar-refractivity contribution in [1.82, 2.24) is 9.66 Å². The second-order valence-corrected chi connectivity index (χ2v) is 3.48. The van der Waals surface area contributed by atoms with Gasteiger partial charge in [0.2, 0.25) is 0 Å². The predicted molar refractivity (Wildman–Crippen MR) is 61.9 cm³/mol. The van der Waals surface area contributed by atoms with Crippen molar-refractivity contribution in [3.8, 4) is 0 Å². The molecule has 0 amide bonds. The minimum absolute atomic E-state index is 0.0481. The lowest BCUT2D eigenvalue weighted by Gasteiger charge is -2.24. The quantitative estimate of drug-likeness (QED) is 0.743. The first-order valence-electron chi connectivity index (χ1n) is 5.26. The fourth-order valence-electron chi connectivity index (χ4n) is 1.73. The summed E-state index contributed by atoms with van der Waals surface area (Å²) in [6.45, 7) is 1.04. The van der Waals surface area contributed by atoms with Crippen molar-refractivity contribution in [1.29, 1.82) is 0 Å². The van der Waals surface area contributed by atoms with Crippen LogP contribution in [0.5, 0.6) is 0 Å². The van der Waals surface area contributed by atoms with E-state index in [2.05, 4.69) is 4.98 Å². The number of hydrogen-bond donors (Lipinski definition) is 2. The van der Waals surface area contributed by atoms with Gasteiger partial charge in [-0.2, -0.15) is 0 Å². The third-order valence-electron chi connectivity index (χ3n) is 2.46. The van der Waals surface area contributed by atoms with Gasteiger partial charge in [-0.05, 0) is 12.1 Å². The van der Waals surface area contributed by atoms with Crippen LogP contribution >= 0.6 is 0 Å². The molecule has 2 N–H and O–H groups in total. The Morgan fingerprint density at radius 3 is 2.50 bits per heavy atom. The molecule has 0 unspecified atom stereocenters. The molecule has 86 valence electrons. The maximum absolute atomic E-state index is 8.98. The van der Waals surface area contributed by atoms with Gasteiger partial charge < -0.3 is 15.2 Å². The van der Waals surface area contributed by atoms with E-state index < -0.39 is 0 Å². The zero-order valence-electron chi connectivity index (χ0n) is 8.95. The standard InChI is InChI=1S/C11H15N3O2/c15-7-5-13(6-8-16)14-9-12-10-3-1-2-4-11(10)14/h1-4,9,15-16H,5-8H2. The number of hydrogen-bond acceptors (Lipinski definition) is 4. The molecule has 1 aromatic carbocycles. The van der Waals surface area contributed by atoms with Crippen LogP contribution in [0.1, 0.15) is 0 Å². The predicted octanol–water partition coefficient (Wildman–Crippen LogP) is -0.0411. The van der Waals surface area contributed by atoms with Gasteiger partial charge in [0.1, 0.15) is 6.33 Å². The molecule has 2 rings (SSSR count). The first-order valence-corrected chi connectivity index (χ1v) is 5.26. The summed E-state index contributed by atoms with van der Waals surface area (Å²) in [5.41, 5.74) is 1.88. The number of fused-ring (bicyclic) bond motifs is 1. The summed E-state index contributed by atoms with van der Waals surface area (Å²) in [4.78, 5) is 4.26. The van der Waals surface area contributed by atoms with E-state index in [0.717, 1.165) is 11.0 Å². The maximum atomic E-state index is 8.98. The van der Waals surface area contributed by atoms with Gasteiger partial charge >= 0.3 is 0 Å². The third-order valence-corrected chi connectivity index (χ3v) is 2.46. The lowest BCUT2D eigenvalue weighted by Crippen LogP contribution is -2.38. The highest BCUT2D eigenvalue weighted by atomic mass is 16.3. The van der Waals surface area contributed by atoms with Gasteiger partial charge in [0, 0.05) is 0 Å². The molecular formula is C11H15N3O2. The number of aliphatic hydroxyl groups excluding tert-OH is 2. The summed E-state index contributed by atoms with van der Waals surface area (Å²) in [6.07, 6.45) is 1.70. The Kier molecular flexibility index (Phi) is 3.38. The molecule has 0 bridgehead atoms. The zero-order chi connectivity index (χ0) is 11.4. The first kappa shape index (κ1) is 10.9. The Morgan fingerprint density at radius 1 is 1.12 bits per heavy atom. The Morgan fingerprint density at radius 2 is 1.81 bits per heavy atom. The minimum atomic E-state index is 0.0481. The normalized spacial score (nSPS) is 10.9. The maximum Gasteiger partial charge on any atom is 0.116 e. The summed E-state index contributed by atoms with van der Waals surface area (Å²) in [5, 5.41) is 19.8. The topological polar surface area (TPSA) is 61.5 Å². The van der Waals surface area contributed by atoms with Gasteiger partial charge in [-0.15, -0.1) is 0 Å². The molecule has 0 atom stereocenters. The van der Waals surface area contributed by atoms with Crippen LogP contribution in [-0.4, -0.2) is 46.2 Å². The fraction of sp³-hybridized carbons (Fsp3) is 0.364. The molecule has 0 aliphatic heterocycles. The molecule has 0 spiro atoms. The Bertz CT molecular complexity index is 449. The van der Waals surface area contributed by atoms with Crippen LogP contribution in [-0.2, 0) is 0 Å². The second kappa shape index (κ2) is 4.96. The van der Waals surface area contributed by atoms with Crippen molar-refractivity contribution >= 4 is 11.0 Å². The molecular weight excluding hydrogens is 206 g/mol. The molecule has 0 radical (unpaired) electrons. The number of imidazole rings is 1. The van der Waals surface area contributed by atoms with E-state index in [4.69, 9.17) is 10.2 Å². The molecule has 5 nitrogen and oxygen atoms in total. The largest absolute Gasteiger partial charge is 0.394 e. The Hall–Kier alpha value is -1.59. The van der Waals surface area contributed by atoms with E-state index in [0.29, 0.717) is 13.1 Å². The van der Waals surface area contributed by atoms with Crippen LogP contribution in [0.2, 0.25) is 0 Å². The number of rotatable bonds is 5. The smallest absolute Gasteiger partial charge is 0.116 e. The van der Waals surface area contributed by atoms with Crippen molar-refractivity contribution in [2.75, 3.05) is 31.3 Å². The van der Waals surface area contributed by atoms with E-state index in [1.54, 1.807) is 6.33 Å². The van der Waals surface area contributed by atoms with E-state index >= 15 is 0 Å². The highest BCUT2D eigenvalue weighted by molar-refractivity contribution is 5.75. The van der Waals surface area contributed by atoms with Crippen molar-refractivity contribution < 1.29 is 10.2 Å². The SMILES string of the molecule is OCCN(CCO)n1cnc2ccccc21. The molecule has 0 saturated heterocycles. The summed E-state index contributed by atoms with van der Waals surface area (Å²) in [5.74, 6) is 0. The number of benzene rings is 1. The monoisotopic (exact) mass is 221 g/mol. The van der Waals surface area contributed by atoms with Crippen molar-refractivity contribution in [2.24, 2.45) is 0 Å². The molecule has 1 aromatic heterocycles. The van der Waals surface area contributed by atoms with Crippen LogP contribution in [0, 0.1) is 0 Å². The molecule has 0 aliphatic rings. The molecule has 0 fully saturated rings. The Balaban J connectivity index is 2.36. The minimum Gasteiger partial charge on any atom is -0.394 e. The van der Waals surface area contributed by atoms with E-state index in [1.165, 1.54) is 0 Å². The van der Waals surface area contributed by atoms with Crippen molar-refractivity contribution in [2.45, 2.75) is 0 Å². The van der Waals surface area contributed by atoms with Crippen LogP contribution in [0.4, 0.5) is 0 Å². The van der Waals surface area contributed by atoms with Gasteiger partial charge in [0.05, 0.1) is 37.3 Å². The lowest BCUT2D eigenvalue weighted by molar-refractivity contribution is 0.266. The highest BCUT2D eigenvalue weighted by Gasteiger charge is 2.08. The average molecular weight is 221 g/mol. The summed E-state index contributed by atoms with van der Waals surface area (Å²) < 4.78 is 1.86. The summed E-state index contributed by atoms with van der Waals surface area (Å²) in [6, 6.07) is 7.77. The van der Waals surface area contributed by atoms with Gasteiger partial charge in [0.25, 0.3) is 0 Å². The summed E-state index contributed by atoms with van der Waals surface area (Å²) >= 11 is 0. The van der Waals surface area contributed by atoms with E-state index in [1.807, 2.05) is 34.0 Å². The van der Waals surface area contributed by atoms with Crippen LogP contribution in [0.15, 0.2) is 30.6 Å². The van der Waals surface area contributed by atoms with Gasteiger partial charge in [-0.1, -0.05) is 12.1 Å². The summed E-state index contributed by atoms with van der Waals surface area (Å²) in [7, 11) is 0. The third kappa shape index (κ3) is 2.00.